The van der Waals surface area contributed by atoms with Gasteiger partial charge in [-0.2, -0.15) is 18.3 Å². The maximum Gasteiger partial charge on any atom is 0.416 e. The number of halogens is 3. The SMILES string of the molecule is Cc1cc(=O)c(C(=O)NCC(C(C)C)N2CCOCC2)nn1-c1cccc(C(F)(F)F)c1. The summed E-state index contributed by atoms with van der Waals surface area (Å²) in [4.78, 5) is 27.4. The Hall–Kier alpha value is -2.72. The topological polar surface area (TPSA) is 76.5 Å². The molecular weight excluding hydrogens is 425 g/mol. The highest BCUT2D eigenvalue weighted by atomic mass is 19.4. The Morgan fingerprint density at radius 3 is 2.53 bits per heavy atom. The van der Waals surface area contributed by atoms with E-state index in [9.17, 15) is 22.8 Å². The second kappa shape index (κ2) is 9.83. The summed E-state index contributed by atoms with van der Waals surface area (Å²) >= 11 is 0. The monoisotopic (exact) mass is 452 g/mol. The van der Waals surface area contributed by atoms with Crippen LogP contribution in [0.15, 0.2) is 35.1 Å². The molecule has 1 aliphatic heterocycles. The number of rotatable bonds is 6. The summed E-state index contributed by atoms with van der Waals surface area (Å²) in [6.45, 7) is 8.72. The van der Waals surface area contributed by atoms with Gasteiger partial charge >= 0.3 is 6.18 Å². The number of hydrogen-bond donors (Lipinski definition) is 1. The van der Waals surface area contributed by atoms with Gasteiger partial charge in [-0.05, 0) is 31.0 Å². The Kier molecular flexibility index (Phi) is 7.35. The molecule has 1 amide bonds. The van der Waals surface area contributed by atoms with Crippen molar-refractivity contribution in [3.05, 3.63) is 57.5 Å². The van der Waals surface area contributed by atoms with Gasteiger partial charge in [-0.1, -0.05) is 19.9 Å². The van der Waals surface area contributed by atoms with Gasteiger partial charge in [0, 0.05) is 37.4 Å². The molecule has 10 heteroatoms. The van der Waals surface area contributed by atoms with Gasteiger partial charge in [0.1, 0.15) is 0 Å². The first-order valence-corrected chi connectivity index (χ1v) is 10.5. The number of nitrogens with one attached hydrogen (secondary N) is 1. The Bertz CT molecular complexity index is 1010. The number of carbonyl (C=O) groups excluding carboxylic acids is 1. The van der Waals surface area contributed by atoms with E-state index in [2.05, 4.69) is 29.2 Å². The highest BCUT2D eigenvalue weighted by Crippen LogP contribution is 2.30. The van der Waals surface area contributed by atoms with Crippen LogP contribution >= 0.6 is 0 Å². The van der Waals surface area contributed by atoms with Crippen LogP contribution < -0.4 is 10.7 Å². The lowest BCUT2D eigenvalue weighted by Crippen LogP contribution is -2.51. The number of alkyl halides is 3. The summed E-state index contributed by atoms with van der Waals surface area (Å²) in [7, 11) is 0. The van der Waals surface area contributed by atoms with Gasteiger partial charge in [-0.3, -0.25) is 14.5 Å². The van der Waals surface area contributed by atoms with Crippen molar-refractivity contribution in [3.63, 3.8) is 0 Å². The molecule has 0 bridgehead atoms. The summed E-state index contributed by atoms with van der Waals surface area (Å²) in [5.74, 6) is -0.407. The third-order valence-corrected chi connectivity index (χ3v) is 5.50. The van der Waals surface area contributed by atoms with Crippen molar-refractivity contribution in [1.29, 1.82) is 0 Å². The molecule has 3 rings (SSSR count). The number of morpholine rings is 1. The van der Waals surface area contributed by atoms with Crippen molar-refractivity contribution < 1.29 is 22.7 Å². The molecule has 0 saturated carbocycles. The van der Waals surface area contributed by atoms with E-state index in [4.69, 9.17) is 4.74 Å². The maximum atomic E-state index is 13.1. The number of nitrogens with zero attached hydrogens (tertiary/aromatic N) is 3. The van der Waals surface area contributed by atoms with Crippen molar-refractivity contribution in [2.45, 2.75) is 33.0 Å². The summed E-state index contributed by atoms with van der Waals surface area (Å²) in [5.41, 5.74) is -1.36. The predicted molar refractivity (Wildman–Crippen MR) is 113 cm³/mol. The number of aromatic nitrogens is 2. The van der Waals surface area contributed by atoms with Crippen molar-refractivity contribution in [1.82, 2.24) is 20.0 Å². The Labute approximate surface area is 184 Å². The molecule has 1 atom stereocenters. The third kappa shape index (κ3) is 5.55. The third-order valence-electron chi connectivity index (χ3n) is 5.50. The van der Waals surface area contributed by atoms with Crippen LogP contribution in [0.5, 0.6) is 0 Å². The van der Waals surface area contributed by atoms with E-state index >= 15 is 0 Å². The first kappa shape index (κ1) is 23.9. The summed E-state index contributed by atoms with van der Waals surface area (Å²) in [5, 5.41) is 6.87. The molecule has 7 nitrogen and oxygen atoms in total. The zero-order valence-electron chi connectivity index (χ0n) is 18.3. The van der Waals surface area contributed by atoms with Crippen LogP contribution in [0.4, 0.5) is 13.2 Å². The van der Waals surface area contributed by atoms with E-state index in [0.717, 1.165) is 25.2 Å². The number of amides is 1. The van der Waals surface area contributed by atoms with Crippen LogP contribution in [0.2, 0.25) is 0 Å². The van der Waals surface area contributed by atoms with E-state index in [1.165, 1.54) is 22.9 Å². The van der Waals surface area contributed by atoms with Crippen LogP contribution in [0.25, 0.3) is 5.69 Å². The summed E-state index contributed by atoms with van der Waals surface area (Å²) < 4.78 is 45.8. The molecule has 0 spiro atoms. The van der Waals surface area contributed by atoms with Crippen molar-refractivity contribution >= 4 is 5.91 Å². The first-order chi connectivity index (χ1) is 15.1. The number of hydrogen-bond acceptors (Lipinski definition) is 5. The quantitative estimate of drug-likeness (QED) is 0.729. The molecule has 2 heterocycles. The van der Waals surface area contributed by atoms with Gasteiger partial charge in [0.15, 0.2) is 5.69 Å². The first-order valence-electron chi connectivity index (χ1n) is 10.5. The molecule has 2 aromatic rings. The Morgan fingerprint density at radius 2 is 1.91 bits per heavy atom. The van der Waals surface area contributed by atoms with E-state index in [1.807, 2.05) is 0 Å². The van der Waals surface area contributed by atoms with Crippen molar-refractivity contribution in [3.8, 4) is 5.69 Å². The minimum atomic E-state index is -4.52. The Morgan fingerprint density at radius 1 is 1.22 bits per heavy atom. The van der Waals surface area contributed by atoms with E-state index in [0.29, 0.717) is 25.5 Å². The van der Waals surface area contributed by atoms with Gasteiger partial charge in [-0.25, -0.2) is 4.68 Å². The van der Waals surface area contributed by atoms with Gasteiger partial charge < -0.3 is 10.1 Å². The molecule has 1 aromatic heterocycles. The minimum Gasteiger partial charge on any atom is -0.379 e. The van der Waals surface area contributed by atoms with E-state index in [-0.39, 0.29) is 23.3 Å². The zero-order valence-corrected chi connectivity index (χ0v) is 18.3. The van der Waals surface area contributed by atoms with Crippen molar-refractivity contribution in [2.75, 3.05) is 32.8 Å². The van der Waals surface area contributed by atoms with E-state index in [1.54, 1.807) is 6.92 Å². The van der Waals surface area contributed by atoms with Gasteiger partial charge in [-0.15, -0.1) is 0 Å². The maximum absolute atomic E-state index is 13.1. The van der Waals surface area contributed by atoms with Gasteiger partial charge in [0.25, 0.3) is 5.91 Å². The smallest absolute Gasteiger partial charge is 0.379 e. The fourth-order valence-corrected chi connectivity index (χ4v) is 3.76. The highest BCUT2D eigenvalue weighted by molar-refractivity contribution is 5.92. The molecule has 174 valence electrons. The van der Waals surface area contributed by atoms with Crippen LogP contribution in [-0.4, -0.2) is 59.5 Å². The lowest BCUT2D eigenvalue weighted by Gasteiger charge is -2.36. The molecule has 32 heavy (non-hydrogen) atoms. The molecule has 1 saturated heterocycles. The number of benzene rings is 1. The molecule has 1 unspecified atom stereocenters. The molecule has 1 aliphatic rings. The van der Waals surface area contributed by atoms with Crippen LogP contribution in [-0.2, 0) is 10.9 Å². The minimum absolute atomic E-state index is 0.0546. The van der Waals surface area contributed by atoms with E-state index < -0.39 is 23.1 Å². The van der Waals surface area contributed by atoms with Crippen molar-refractivity contribution in [2.24, 2.45) is 5.92 Å². The lowest BCUT2D eigenvalue weighted by atomic mass is 10.0. The molecule has 0 radical (unpaired) electrons. The second-order valence-corrected chi connectivity index (χ2v) is 8.13. The normalized spacial score (nSPS) is 16.2. The number of aryl methyl sites for hydroxylation is 1. The second-order valence-electron chi connectivity index (χ2n) is 8.13. The Balaban J connectivity index is 1.84. The number of carbonyl (C=O) groups is 1. The van der Waals surface area contributed by atoms with Gasteiger partial charge in [0.2, 0.25) is 5.43 Å². The fourth-order valence-electron chi connectivity index (χ4n) is 3.76. The molecule has 0 aliphatic carbocycles. The average molecular weight is 452 g/mol. The number of ether oxygens (including phenoxy) is 1. The van der Waals surface area contributed by atoms with Crippen LogP contribution in [0.1, 0.15) is 35.6 Å². The predicted octanol–water partition coefficient (Wildman–Crippen LogP) is 2.65. The van der Waals surface area contributed by atoms with Crippen LogP contribution in [0, 0.1) is 12.8 Å². The standard InChI is InChI=1S/C22H27F3N4O3/c1-14(2)18(28-7-9-32-10-8-28)13-26-21(31)20-19(30)11-15(3)29(27-20)17-6-4-5-16(12-17)22(23,24)25/h4-6,11-12,14,18H,7-10,13H2,1-3H3,(H,26,31). The summed E-state index contributed by atoms with van der Waals surface area (Å²) in [6.07, 6.45) is -4.52. The van der Waals surface area contributed by atoms with Crippen LogP contribution in [0.3, 0.4) is 0 Å². The summed E-state index contributed by atoms with van der Waals surface area (Å²) in [6, 6.07) is 5.83. The molecular formula is C22H27F3N4O3. The fraction of sp³-hybridized carbons (Fsp3) is 0.500. The van der Waals surface area contributed by atoms with Gasteiger partial charge in [0.05, 0.1) is 24.5 Å². The molecule has 1 N–H and O–H groups in total. The highest BCUT2D eigenvalue weighted by Gasteiger charge is 2.31. The average Bonchev–Trinajstić information content (AvgIpc) is 2.74. The molecule has 1 fully saturated rings. The molecule has 1 aromatic carbocycles. The lowest BCUT2D eigenvalue weighted by molar-refractivity contribution is -0.137. The largest absolute Gasteiger partial charge is 0.416 e. The zero-order chi connectivity index (χ0) is 23.5.